The molecule has 0 saturated heterocycles. The quantitative estimate of drug-likeness (QED) is 0.791. The molecule has 24 heavy (non-hydrogen) atoms. The van der Waals surface area contributed by atoms with Gasteiger partial charge in [-0.15, -0.1) is 11.3 Å². The first-order valence-corrected chi connectivity index (χ1v) is 8.92. The van der Waals surface area contributed by atoms with Crippen LogP contribution in [0.1, 0.15) is 60.7 Å². The number of methoxy groups -OCH3 is 1. The normalized spacial score (nSPS) is 20.7. The number of carbonyl (C=O) groups excluding carboxylic acids is 2. The van der Waals surface area contributed by atoms with E-state index >= 15 is 0 Å². The summed E-state index contributed by atoms with van der Waals surface area (Å²) in [6, 6.07) is 1.73. The summed E-state index contributed by atoms with van der Waals surface area (Å²) in [5.41, 5.74) is 0.322. The van der Waals surface area contributed by atoms with Gasteiger partial charge in [0.2, 0.25) is 5.91 Å². The van der Waals surface area contributed by atoms with Crippen LogP contribution in [0, 0.1) is 11.8 Å². The number of carboxylic acids is 1. The molecule has 2 N–H and O–H groups in total. The van der Waals surface area contributed by atoms with Gasteiger partial charge in [-0.2, -0.15) is 0 Å². The van der Waals surface area contributed by atoms with E-state index in [0.717, 1.165) is 17.7 Å². The molecule has 1 aliphatic carbocycles. The van der Waals surface area contributed by atoms with Crippen LogP contribution in [-0.2, 0) is 14.3 Å². The van der Waals surface area contributed by atoms with Crippen LogP contribution in [0.25, 0.3) is 0 Å². The standard InChI is InChI=1S/C17H23NO5S/c1-9(2)13-8-12(17(22)23-3)15(24-13)18-14(19)10-6-4-5-7-11(10)16(20)21/h8-11H,4-7H2,1-3H3,(H,18,19)(H,20,21)/t10-,11+/m0/s1. The smallest absolute Gasteiger partial charge is 0.340 e. The molecule has 1 aliphatic rings. The Bertz CT molecular complexity index is 637. The fourth-order valence-corrected chi connectivity index (χ4v) is 4.05. The van der Waals surface area contributed by atoms with E-state index in [1.54, 1.807) is 6.07 Å². The summed E-state index contributed by atoms with van der Waals surface area (Å²) in [4.78, 5) is 36.9. The minimum absolute atomic E-state index is 0.213. The van der Waals surface area contributed by atoms with Crippen molar-refractivity contribution in [2.45, 2.75) is 45.4 Å². The Morgan fingerprint density at radius 3 is 2.42 bits per heavy atom. The Balaban J connectivity index is 2.24. The molecule has 0 aromatic carbocycles. The van der Waals surface area contributed by atoms with E-state index in [0.29, 0.717) is 23.4 Å². The number of carbonyl (C=O) groups is 3. The molecule has 6 nitrogen and oxygen atoms in total. The van der Waals surface area contributed by atoms with E-state index in [1.807, 2.05) is 13.8 Å². The Morgan fingerprint density at radius 1 is 1.25 bits per heavy atom. The molecule has 0 bridgehead atoms. The first kappa shape index (κ1) is 18.4. The van der Waals surface area contributed by atoms with Gasteiger partial charge in [-0.1, -0.05) is 26.7 Å². The van der Waals surface area contributed by atoms with Gasteiger partial charge >= 0.3 is 11.9 Å². The van der Waals surface area contributed by atoms with E-state index in [4.69, 9.17) is 4.74 Å². The summed E-state index contributed by atoms with van der Waals surface area (Å²) in [5.74, 6) is -2.78. The third kappa shape index (κ3) is 3.95. The van der Waals surface area contributed by atoms with Crippen LogP contribution in [0.15, 0.2) is 6.07 Å². The van der Waals surface area contributed by atoms with Crippen molar-refractivity contribution in [1.82, 2.24) is 0 Å². The van der Waals surface area contributed by atoms with Gasteiger partial charge in [0, 0.05) is 4.88 Å². The number of nitrogens with one attached hydrogen (secondary N) is 1. The van der Waals surface area contributed by atoms with Crippen LogP contribution in [0.5, 0.6) is 0 Å². The van der Waals surface area contributed by atoms with Crippen molar-refractivity contribution in [2.75, 3.05) is 12.4 Å². The van der Waals surface area contributed by atoms with Crippen LogP contribution in [-0.4, -0.2) is 30.1 Å². The lowest BCUT2D eigenvalue weighted by Crippen LogP contribution is -2.36. The Morgan fingerprint density at radius 2 is 1.88 bits per heavy atom. The predicted molar refractivity (Wildman–Crippen MR) is 91.5 cm³/mol. The van der Waals surface area contributed by atoms with Crippen molar-refractivity contribution in [2.24, 2.45) is 11.8 Å². The van der Waals surface area contributed by atoms with Crippen molar-refractivity contribution >= 4 is 34.2 Å². The van der Waals surface area contributed by atoms with E-state index in [9.17, 15) is 19.5 Å². The maximum atomic E-state index is 12.6. The molecule has 132 valence electrons. The second-order valence-corrected chi connectivity index (χ2v) is 7.45. The average Bonchev–Trinajstić information content (AvgIpc) is 2.98. The zero-order valence-corrected chi connectivity index (χ0v) is 14.9. The number of esters is 1. The molecular weight excluding hydrogens is 330 g/mol. The number of amides is 1. The third-order valence-corrected chi connectivity index (χ3v) is 5.73. The van der Waals surface area contributed by atoms with Crippen molar-refractivity contribution in [3.63, 3.8) is 0 Å². The molecule has 0 radical (unpaired) electrons. The van der Waals surface area contributed by atoms with Crippen molar-refractivity contribution in [3.8, 4) is 0 Å². The summed E-state index contributed by atoms with van der Waals surface area (Å²) in [5, 5.41) is 12.5. The van der Waals surface area contributed by atoms with Gasteiger partial charge in [0.1, 0.15) is 5.00 Å². The number of hydrogen-bond acceptors (Lipinski definition) is 5. The number of rotatable bonds is 5. The molecule has 2 atom stereocenters. The molecule has 1 heterocycles. The Kier molecular flexibility index (Phi) is 5.99. The van der Waals surface area contributed by atoms with Gasteiger partial charge in [0.05, 0.1) is 24.5 Å². The molecule has 1 amide bonds. The fourth-order valence-electron chi connectivity index (χ4n) is 2.99. The summed E-state index contributed by atoms with van der Waals surface area (Å²) >= 11 is 1.33. The van der Waals surface area contributed by atoms with Crippen molar-refractivity contribution < 1.29 is 24.2 Å². The Hall–Kier alpha value is -1.89. The minimum atomic E-state index is -0.933. The van der Waals surface area contributed by atoms with Crippen molar-refractivity contribution in [1.29, 1.82) is 0 Å². The zero-order valence-electron chi connectivity index (χ0n) is 14.1. The van der Waals surface area contributed by atoms with Gasteiger partial charge < -0.3 is 15.2 Å². The maximum absolute atomic E-state index is 12.6. The highest BCUT2D eigenvalue weighted by Crippen LogP contribution is 2.36. The fraction of sp³-hybridized carbons (Fsp3) is 0.588. The number of hydrogen-bond donors (Lipinski definition) is 2. The average molecular weight is 353 g/mol. The van der Waals surface area contributed by atoms with E-state index < -0.39 is 23.8 Å². The monoisotopic (exact) mass is 353 g/mol. The van der Waals surface area contributed by atoms with Gasteiger partial charge in [0.15, 0.2) is 0 Å². The molecule has 0 aliphatic heterocycles. The van der Waals surface area contributed by atoms with Crippen LogP contribution in [0.2, 0.25) is 0 Å². The lowest BCUT2D eigenvalue weighted by Gasteiger charge is -2.27. The number of aliphatic carboxylic acids is 1. The SMILES string of the molecule is COC(=O)c1cc(C(C)C)sc1NC(=O)[C@H]1CCCC[C@H]1C(=O)O. The summed E-state index contributed by atoms with van der Waals surface area (Å²) in [6.45, 7) is 4.00. The highest BCUT2D eigenvalue weighted by Gasteiger charge is 2.36. The lowest BCUT2D eigenvalue weighted by atomic mass is 9.79. The molecule has 1 aromatic rings. The van der Waals surface area contributed by atoms with Gasteiger partial charge in [-0.05, 0) is 24.8 Å². The molecular formula is C17H23NO5S. The molecule has 1 fully saturated rings. The molecule has 1 aromatic heterocycles. The molecule has 1 saturated carbocycles. The number of thiophene rings is 1. The van der Waals surface area contributed by atoms with Gasteiger partial charge in [-0.3, -0.25) is 9.59 Å². The molecule has 2 rings (SSSR count). The van der Waals surface area contributed by atoms with Gasteiger partial charge in [-0.25, -0.2) is 4.79 Å². The Labute approximate surface area is 145 Å². The zero-order chi connectivity index (χ0) is 17.9. The highest BCUT2D eigenvalue weighted by molar-refractivity contribution is 7.16. The van der Waals surface area contributed by atoms with E-state index in [1.165, 1.54) is 18.4 Å². The third-order valence-electron chi connectivity index (χ3n) is 4.38. The molecule has 7 heteroatoms. The van der Waals surface area contributed by atoms with Crippen LogP contribution >= 0.6 is 11.3 Å². The molecule has 0 unspecified atom stereocenters. The minimum Gasteiger partial charge on any atom is -0.481 e. The first-order valence-electron chi connectivity index (χ1n) is 8.10. The van der Waals surface area contributed by atoms with Crippen molar-refractivity contribution in [3.05, 3.63) is 16.5 Å². The molecule has 0 spiro atoms. The van der Waals surface area contributed by atoms with Gasteiger partial charge in [0.25, 0.3) is 0 Å². The second-order valence-electron chi connectivity index (χ2n) is 6.36. The predicted octanol–water partition coefficient (Wildman–Crippen LogP) is 3.49. The first-order chi connectivity index (χ1) is 11.3. The number of anilines is 1. The highest BCUT2D eigenvalue weighted by atomic mass is 32.1. The second kappa shape index (κ2) is 7.79. The van der Waals surface area contributed by atoms with E-state index in [2.05, 4.69) is 5.32 Å². The topological polar surface area (TPSA) is 92.7 Å². The lowest BCUT2D eigenvalue weighted by molar-refractivity contribution is -0.147. The number of ether oxygens (including phenoxy) is 1. The van der Waals surface area contributed by atoms with E-state index in [-0.39, 0.29) is 11.8 Å². The summed E-state index contributed by atoms with van der Waals surface area (Å²) in [6.07, 6.45) is 2.73. The summed E-state index contributed by atoms with van der Waals surface area (Å²) in [7, 11) is 1.29. The largest absolute Gasteiger partial charge is 0.481 e. The van der Waals surface area contributed by atoms with Crippen LogP contribution < -0.4 is 5.32 Å². The number of carboxylic acid groups (broad SMARTS) is 1. The van der Waals surface area contributed by atoms with Crippen LogP contribution in [0.3, 0.4) is 0 Å². The van der Waals surface area contributed by atoms with Crippen LogP contribution in [0.4, 0.5) is 5.00 Å². The maximum Gasteiger partial charge on any atom is 0.340 e. The summed E-state index contributed by atoms with van der Waals surface area (Å²) < 4.78 is 4.78.